The normalized spacial score (nSPS) is 10.1. The van der Waals surface area contributed by atoms with E-state index in [0.717, 1.165) is 48.2 Å². The van der Waals surface area contributed by atoms with Crippen molar-refractivity contribution in [1.82, 2.24) is 9.97 Å². The van der Waals surface area contributed by atoms with E-state index in [-0.39, 0.29) is 16.3 Å². The highest BCUT2D eigenvalue weighted by molar-refractivity contribution is 6.29. The highest BCUT2D eigenvalue weighted by Crippen LogP contribution is 2.27. The fourth-order valence-corrected chi connectivity index (χ4v) is 4.15. The number of ether oxygens (including phenoxy) is 4. The van der Waals surface area contributed by atoms with Crippen molar-refractivity contribution >= 4 is 40.7 Å². The van der Waals surface area contributed by atoms with Gasteiger partial charge in [0.25, 0.3) is 0 Å². The summed E-state index contributed by atoms with van der Waals surface area (Å²) < 4.78 is 19.5. The third-order valence-corrected chi connectivity index (χ3v) is 6.52. The van der Waals surface area contributed by atoms with E-state index in [1.54, 1.807) is 14.2 Å². The average Bonchev–Trinajstić information content (AvgIpc) is 3.07. The maximum atomic E-state index is 12.2. The van der Waals surface area contributed by atoms with Crippen LogP contribution >= 0.6 is 11.6 Å². The van der Waals surface area contributed by atoms with Crippen LogP contribution in [0.4, 0.5) is 17.2 Å². The highest BCUT2D eigenvalue weighted by Gasteiger charge is 2.24. The number of hydrogen-bond donors (Lipinski definition) is 0. The van der Waals surface area contributed by atoms with Gasteiger partial charge in [-0.25, -0.2) is 19.6 Å². The largest absolute Gasteiger partial charge is 0.497 e. The van der Waals surface area contributed by atoms with Crippen LogP contribution in [0.2, 0.25) is 5.15 Å². The molecule has 0 aliphatic heterocycles. The number of halogens is 1. The summed E-state index contributed by atoms with van der Waals surface area (Å²) in [5.74, 6) is 0.256. The SMILES string of the molecule is COC(=O)c1cc(Cl)ncc1[N+](=O)[O-].COC(=O)c1cc(N(Cc2ccc(OC)cc2)Cc2ccc(OC)cc2)ncc1[N+](=O)[O-]. The molecule has 2 heterocycles. The predicted molar refractivity (Wildman–Crippen MR) is 165 cm³/mol. The number of methoxy groups -OCH3 is 4. The zero-order valence-corrected chi connectivity index (χ0v) is 25.8. The van der Waals surface area contributed by atoms with E-state index in [1.165, 1.54) is 13.2 Å². The van der Waals surface area contributed by atoms with Gasteiger partial charge in [-0.1, -0.05) is 35.9 Å². The second-order valence-electron chi connectivity index (χ2n) is 9.13. The molecule has 0 N–H and O–H groups in total. The highest BCUT2D eigenvalue weighted by atomic mass is 35.5. The molecule has 2 aromatic carbocycles. The quantitative estimate of drug-likeness (QED) is 0.0863. The van der Waals surface area contributed by atoms with Gasteiger partial charge in [0.15, 0.2) is 0 Å². The lowest BCUT2D eigenvalue weighted by atomic mass is 10.1. The Morgan fingerprint density at radius 3 is 1.52 bits per heavy atom. The molecule has 0 aliphatic rings. The van der Waals surface area contributed by atoms with Gasteiger partial charge in [0, 0.05) is 19.2 Å². The van der Waals surface area contributed by atoms with Gasteiger partial charge in [-0.2, -0.15) is 0 Å². The second kappa shape index (κ2) is 16.3. The standard InChI is InChI=1S/C23H23N3O6.C7H5ClN2O4/c1-30-18-8-4-16(5-9-18)14-25(15-17-6-10-19(31-2)11-7-17)22-12-20(23(27)32-3)21(13-24-22)26(28)29;1-14-7(11)4-2-6(8)9-3-5(4)10(12)13/h4-13H,14-15H2,1-3H3;2-3H,1H3. The summed E-state index contributed by atoms with van der Waals surface area (Å²) in [5.41, 5.74) is 0.739. The van der Waals surface area contributed by atoms with E-state index in [9.17, 15) is 29.8 Å². The van der Waals surface area contributed by atoms with Crippen LogP contribution in [0.15, 0.2) is 73.1 Å². The zero-order valence-electron chi connectivity index (χ0n) is 25.0. The summed E-state index contributed by atoms with van der Waals surface area (Å²) in [6.45, 7) is 0.892. The molecule has 0 radical (unpaired) electrons. The summed E-state index contributed by atoms with van der Waals surface area (Å²) in [6, 6.07) is 17.6. The van der Waals surface area contributed by atoms with Crippen molar-refractivity contribution in [3.05, 3.63) is 121 Å². The van der Waals surface area contributed by atoms with Crippen LogP contribution in [0.3, 0.4) is 0 Å². The maximum absolute atomic E-state index is 12.2. The minimum atomic E-state index is -0.819. The number of carbonyl (C=O) groups excluding carboxylic acids is 2. The Hall–Kier alpha value is -5.83. The van der Waals surface area contributed by atoms with Gasteiger partial charge < -0.3 is 23.8 Å². The van der Waals surface area contributed by atoms with Crippen LogP contribution in [0.25, 0.3) is 0 Å². The van der Waals surface area contributed by atoms with Crippen molar-refractivity contribution in [2.45, 2.75) is 13.1 Å². The number of nitro groups is 2. The molecule has 0 unspecified atom stereocenters. The molecular formula is C30H28ClN5O10. The fraction of sp³-hybridized carbons (Fsp3) is 0.200. The molecule has 4 rings (SSSR count). The van der Waals surface area contributed by atoms with E-state index >= 15 is 0 Å². The molecule has 4 aromatic rings. The summed E-state index contributed by atoms with van der Waals surface area (Å²) in [7, 11) is 5.50. The van der Waals surface area contributed by atoms with Gasteiger partial charge in [0.2, 0.25) is 0 Å². The Kier molecular flexibility index (Phi) is 12.3. The molecular weight excluding hydrogens is 626 g/mol. The first-order chi connectivity index (χ1) is 22.0. The number of rotatable bonds is 11. The summed E-state index contributed by atoms with van der Waals surface area (Å²) in [4.78, 5) is 53.4. The Morgan fingerprint density at radius 1 is 0.717 bits per heavy atom. The Bertz CT molecular complexity index is 1650. The van der Waals surface area contributed by atoms with E-state index in [4.69, 9.17) is 25.8 Å². The first-order valence-electron chi connectivity index (χ1n) is 13.1. The van der Waals surface area contributed by atoms with Crippen LogP contribution in [-0.2, 0) is 22.6 Å². The van der Waals surface area contributed by atoms with Crippen LogP contribution in [-0.4, -0.2) is 60.2 Å². The molecule has 0 bridgehead atoms. The van der Waals surface area contributed by atoms with Crippen molar-refractivity contribution in [2.75, 3.05) is 33.3 Å². The number of nitrogens with zero attached hydrogens (tertiary/aromatic N) is 5. The molecule has 0 saturated carbocycles. The lowest BCUT2D eigenvalue weighted by molar-refractivity contribution is -0.385. The summed E-state index contributed by atoms with van der Waals surface area (Å²) in [5, 5.41) is 21.8. The Balaban J connectivity index is 0.000000344. The molecule has 16 heteroatoms. The second-order valence-corrected chi connectivity index (χ2v) is 9.52. The molecule has 15 nitrogen and oxygen atoms in total. The topological polar surface area (TPSA) is 186 Å². The van der Waals surface area contributed by atoms with E-state index in [1.807, 2.05) is 53.4 Å². The zero-order chi connectivity index (χ0) is 33.8. The smallest absolute Gasteiger partial charge is 0.345 e. The number of pyridine rings is 2. The van der Waals surface area contributed by atoms with Gasteiger partial charge in [-0.05, 0) is 41.5 Å². The third-order valence-electron chi connectivity index (χ3n) is 6.31. The molecule has 0 spiro atoms. The molecule has 0 aliphatic carbocycles. The van der Waals surface area contributed by atoms with Crippen molar-refractivity contribution in [2.24, 2.45) is 0 Å². The predicted octanol–water partition coefficient (Wildman–Crippen LogP) is 5.43. The van der Waals surface area contributed by atoms with Gasteiger partial charge in [-0.15, -0.1) is 0 Å². The number of carbonyl (C=O) groups is 2. The van der Waals surface area contributed by atoms with Gasteiger partial charge >= 0.3 is 23.3 Å². The van der Waals surface area contributed by atoms with Crippen LogP contribution in [0, 0.1) is 20.2 Å². The molecule has 0 atom stereocenters. The number of esters is 2. The van der Waals surface area contributed by atoms with Gasteiger partial charge in [-0.3, -0.25) is 20.2 Å². The number of benzene rings is 2. The lowest BCUT2D eigenvalue weighted by Gasteiger charge is -2.24. The lowest BCUT2D eigenvalue weighted by Crippen LogP contribution is -2.24. The van der Waals surface area contributed by atoms with Gasteiger partial charge in [0.1, 0.15) is 46.0 Å². The molecule has 0 amide bonds. The monoisotopic (exact) mass is 653 g/mol. The van der Waals surface area contributed by atoms with Crippen molar-refractivity contribution in [3.63, 3.8) is 0 Å². The first-order valence-corrected chi connectivity index (χ1v) is 13.5. The molecule has 240 valence electrons. The van der Waals surface area contributed by atoms with Gasteiger partial charge in [0.05, 0.1) is 38.3 Å². The van der Waals surface area contributed by atoms with Crippen molar-refractivity contribution in [1.29, 1.82) is 0 Å². The van der Waals surface area contributed by atoms with Crippen molar-refractivity contribution in [3.8, 4) is 11.5 Å². The molecule has 2 aromatic heterocycles. The number of hydrogen-bond acceptors (Lipinski definition) is 13. The molecule has 46 heavy (non-hydrogen) atoms. The minimum absolute atomic E-state index is 0.00370. The number of aromatic nitrogens is 2. The summed E-state index contributed by atoms with van der Waals surface area (Å²) in [6.07, 6.45) is 1.99. The van der Waals surface area contributed by atoms with E-state index < -0.39 is 33.2 Å². The average molecular weight is 654 g/mol. The Morgan fingerprint density at radius 2 is 1.13 bits per heavy atom. The van der Waals surface area contributed by atoms with E-state index in [2.05, 4.69) is 14.7 Å². The molecule has 0 saturated heterocycles. The third kappa shape index (κ3) is 9.09. The number of anilines is 1. The van der Waals surface area contributed by atoms with Crippen LogP contribution < -0.4 is 14.4 Å². The fourth-order valence-electron chi connectivity index (χ4n) is 3.99. The molecule has 0 fully saturated rings. The minimum Gasteiger partial charge on any atom is -0.497 e. The Labute approximate surface area is 267 Å². The van der Waals surface area contributed by atoms with Crippen LogP contribution in [0.1, 0.15) is 31.8 Å². The van der Waals surface area contributed by atoms with Crippen molar-refractivity contribution < 1.29 is 38.4 Å². The first kappa shape index (κ1) is 34.7. The maximum Gasteiger partial charge on any atom is 0.345 e. The van der Waals surface area contributed by atoms with Crippen LogP contribution in [0.5, 0.6) is 11.5 Å². The summed E-state index contributed by atoms with van der Waals surface area (Å²) >= 11 is 5.48. The van der Waals surface area contributed by atoms with E-state index in [0.29, 0.717) is 18.9 Å².